The average Bonchev–Trinajstić information content (AvgIpc) is 3.13. The van der Waals surface area contributed by atoms with E-state index in [-0.39, 0.29) is 24.2 Å². The van der Waals surface area contributed by atoms with Crippen LogP contribution in [0.4, 0.5) is 19.1 Å². The van der Waals surface area contributed by atoms with E-state index in [1.807, 2.05) is 0 Å². The number of hydrogen-bond acceptors (Lipinski definition) is 4. The standard InChI is InChI=1S/C11H14F3N5/c12-11(13,14)8-3-5-17-10(18-8)19(7-1-2-7)6-4-9(15)16/h3,5,7H,1-2,4,6H2,(H3,15,16). The Bertz CT molecular complexity index is 470. The van der Waals surface area contributed by atoms with Crippen LogP contribution in [0.2, 0.25) is 0 Å². The monoisotopic (exact) mass is 273 g/mol. The Labute approximate surface area is 108 Å². The van der Waals surface area contributed by atoms with E-state index in [1.165, 1.54) is 0 Å². The van der Waals surface area contributed by atoms with Crippen molar-refractivity contribution in [3.05, 3.63) is 18.0 Å². The molecule has 3 N–H and O–H groups in total. The van der Waals surface area contributed by atoms with E-state index in [4.69, 9.17) is 11.1 Å². The quantitative estimate of drug-likeness (QED) is 0.633. The number of alkyl halides is 3. The summed E-state index contributed by atoms with van der Waals surface area (Å²) in [7, 11) is 0. The summed E-state index contributed by atoms with van der Waals surface area (Å²) in [5.74, 6) is 0.0520. The SMILES string of the molecule is N=C(N)CCN(c1nccc(C(F)(F)F)n1)C1CC1. The molecule has 0 aromatic carbocycles. The van der Waals surface area contributed by atoms with Gasteiger partial charge in [0, 0.05) is 25.2 Å². The van der Waals surface area contributed by atoms with E-state index in [0.29, 0.717) is 6.54 Å². The van der Waals surface area contributed by atoms with Crippen molar-refractivity contribution < 1.29 is 13.2 Å². The maximum Gasteiger partial charge on any atom is 0.433 e. The molecule has 0 spiro atoms. The first-order chi connectivity index (χ1) is 8.88. The van der Waals surface area contributed by atoms with Crippen molar-refractivity contribution in [2.75, 3.05) is 11.4 Å². The summed E-state index contributed by atoms with van der Waals surface area (Å²) in [4.78, 5) is 9.15. The van der Waals surface area contributed by atoms with Crippen molar-refractivity contribution >= 4 is 11.8 Å². The summed E-state index contributed by atoms with van der Waals surface area (Å²) in [6.07, 6.45) is -1.28. The van der Waals surface area contributed by atoms with Gasteiger partial charge in [-0.05, 0) is 18.9 Å². The van der Waals surface area contributed by atoms with Crippen LogP contribution in [0.25, 0.3) is 0 Å². The molecule has 5 nitrogen and oxygen atoms in total. The number of anilines is 1. The molecule has 0 saturated heterocycles. The molecule has 2 rings (SSSR count). The van der Waals surface area contributed by atoms with Gasteiger partial charge in [0.2, 0.25) is 5.95 Å². The number of nitrogens with two attached hydrogens (primary N) is 1. The minimum absolute atomic E-state index is 0.00220. The highest BCUT2D eigenvalue weighted by atomic mass is 19.4. The Morgan fingerprint density at radius 3 is 2.68 bits per heavy atom. The molecule has 0 unspecified atom stereocenters. The average molecular weight is 273 g/mol. The molecule has 1 fully saturated rings. The highest BCUT2D eigenvalue weighted by Gasteiger charge is 2.35. The topological polar surface area (TPSA) is 78.9 Å². The van der Waals surface area contributed by atoms with Crippen molar-refractivity contribution in [3.63, 3.8) is 0 Å². The van der Waals surface area contributed by atoms with Crippen molar-refractivity contribution in [1.82, 2.24) is 9.97 Å². The van der Waals surface area contributed by atoms with Gasteiger partial charge in [0.15, 0.2) is 0 Å². The van der Waals surface area contributed by atoms with Crippen LogP contribution in [0.3, 0.4) is 0 Å². The molecule has 19 heavy (non-hydrogen) atoms. The number of nitrogens with zero attached hydrogens (tertiary/aromatic N) is 3. The normalized spacial score (nSPS) is 15.3. The lowest BCUT2D eigenvalue weighted by molar-refractivity contribution is -0.141. The van der Waals surface area contributed by atoms with E-state index in [9.17, 15) is 13.2 Å². The molecule has 104 valence electrons. The second-order valence-electron chi connectivity index (χ2n) is 4.44. The van der Waals surface area contributed by atoms with E-state index in [1.54, 1.807) is 4.90 Å². The van der Waals surface area contributed by atoms with Gasteiger partial charge >= 0.3 is 6.18 Å². The molecule has 0 amide bonds. The van der Waals surface area contributed by atoms with Gasteiger partial charge in [-0.1, -0.05) is 0 Å². The molecule has 0 bridgehead atoms. The van der Waals surface area contributed by atoms with Crippen molar-refractivity contribution in [2.45, 2.75) is 31.5 Å². The van der Waals surface area contributed by atoms with Crippen LogP contribution < -0.4 is 10.6 Å². The molecule has 1 aliphatic rings. The van der Waals surface area contributed by atoms with Crippen molar-refractivity contribution in [2.24, 2.45) is 5.73 Å². The third-order valence-electron chi connectivity index (χ3n) is 2.80. The Kier molecular flexibility index (Phi) is 3.59. The number of rotatable bonds is 5. The van der Waals surface area contributed by atoms with Gasteiger partial charge in [-0.25, -0.2) is 9.97 Å². The summed E-state index contributed by atoms with van der Waals surface area (Å²) in [5, 5.41) is 7.18. The third kappa shape index (κ3) is 3.55. The Morgan fingerprint density at radius 1 is 1.47 bits per heavy atom. The van der Waals surface area contributed by atoms with Crippen LogP contribution in [-0.2, 0) is 6.18 Å². The molecule has 0 atom stereocenters. The van der Waals surface area contributed by atoms with Gasteiger partial charge in [-0.15, -0.1) is 0 Å². The van der Waals surface area contributed by atoms with Crippen LogP contribution >= 0.6 is 0 Å². The highest BCUT2D eigenvalue weighted by Crippen LogP contribution is 2.32. The fourth-order valence-corrected chi connectivity index (χ4v) is 1.72. The molecule has 1 heterocycles. The highest BCUT2D eigenvalue weighted by molar-refractivity contribution is 5.77. The summed E-state index contributed by atoms with van der Waals surface area (Å²) >= 11 is 0. The summed E-state index contributed by atoms with van der Waals surface area (Å²) in [6.45, 7) is 0.362. The Morgan fingerprint density at radius 2 is 2.16 bits per heavy atom. The minimum Gasteiger partial charge on any atom is -0.388 e. The van der Waals surface area contributed by atoms with Crippen LogP contribution in [-0.4, -0.2) is 28.4 Å². The first-order valence-electron chi connectivity index (χ1n) is 5.87. The maximum absolute atomic E-state index is 12.6. The minimum atomic E-state index is -4.48. The van der Waals surface area contributed by atoms with Gasteiger partial charge in [-0.3, -0.25) is 5.41 Å². The number of halogens is 3. The summed E-state index contributed by atoms with van der Waals surface area (Å²) in [6, 6.07) is 1.00. The van der Waals surface area contributed by atoms with Gasteiger partial charge in [0.05, 0.1) is 5.84 Å². The lowest BCUT2D eigenvalue weighted by Crippen LogP contribution is -2.31. The molecule has 1 aromatic rings. The second kappa shape index (κ2) is 5.02. The smallest absolute Gasteiger partial charge is 0.388 e. The van der Waals surface area contributed by atoms with E-state index >= 15 is 0 Å². The lowest BCUT2D eigenvalue weighted by atomic mass is 10.3. The Hall–Kier alpha value is -1.86. The molecule has 0 radical (unpaired) electrons. The predicted octanol–water partition coefficient (Wildman–Crippen LogP) is 1.79. The molecule has 1 aromatic heterocycles. The van der Waals surface area contributed by atoms with Gasteiger partial charge in [0.25, 0.3) is 0 Å². The van der Waals surface area contributed by atoms with Gasteiger partial charge < -0.3 is 10.6 Å². The van der Waals surface area contributed by atoms with E-state index < -0.39 is 11.9 Å². The molecule has 0 aliphatic heterocycles. The van der Waals surface area contributed by atoms with Gasteiger partial charge in [0.1, 0.15) is 5.69 Å². The van der Waals surface area contributed by atoms with Crippen molar-refractivity contribution in [3.8, 4) is 0 Å². The maximum atomic E-state index is 12.6. The molecule has 1 aliphatic carbocycles. The summed E-state index contributed by atoms with van der Waals surface area (Å²) < 4.78 is 37.8. The lowest BCUT2D eigenvalue weighted by Gasteiger charge is -2.22. The predicted molar refractivity (Wildman–Crippen MR) is 63.9 cm³/mol. The molecular formula is C11H14F3N5. The van der Waals surface area contributed by atoms with Crippen LogP contribution in [0, 0.1) is 5.41 Å². The number of hydrogen-bond donors (Lipinski definition) is 2. The van der Waals surface area contributed by atoms with Crippen LogP contribution in [0.1, 0.15) is 25.0 Å². The Balaban J connectivity index is 2.19. The number of amidine groups is 1. The first kappa shape index (κ1) is 13.6. The zero-order valence-corrected chi connectivity index (χ0v) is 10.1. The van der Waals surface area contributed by atoms with Crippen LogP contribution in [0.15, 0.2) is 12.3 Å². The zero-order valence-electron chi connectivity index (χ0n) is 10.1. The largest absolute Gasteiger partial charge is 0.433 e. The number of nitrogens with one attached hydrogen (secondary N) is 1. The first-order valence-corrected chi connectivity index (χ1v) is 5.87. The fourth-order valence-electron chi connectivity index (χ4n) is 1.72. The molecule has 8 heteroatoms. The molecule has 1 saturated carbocycles. The third-order valence-corrected chi connectivity index (χ3v) is 2.80. The van der Waals surface area contributed by atoms with Crippen molar-refractivity contribution in [1.29, 1.82) is 5.41 Å². The van der Waals surface area contributed by atoms with E-state index in [0.717, 1.165) is 25.1 Å². The summed E-state index contributed by atoms with van der Waals surface area (Å²) in [5.41, 5.74) is 4.32. The second-order valence-corrected chi connectivity index (χ2v) is 4.44. The molecular weight excluding hydrogens is 259 g/mol. The van der Waals surface area contributed by atoms with Gasteiger partial charge in [-0.2, -0.15) is 13.2 Å². The fraction of sp³-hybridized carbons (Fsp3) is 0.545. The van der Waals surface area contributed by atoms with E-state index in [2.05, 4.69) is 9.97 Å². The number of aromatic nitrogens is 2. The zero-order chi connectivity index (χ0) is 14.0. The van der Waals surface area contributed by atoms with Crippen LogP contribution in [0.5, 0.6) is 0 Å².